The SMILES string of the molecule is CC(C)(C)NC[C@@H]1CN(C2CCOCC2)CCO1. The molecule has 4 heteroatoms. The second-order valence-electron chi connectivity index (χ2n) is 6.46. The number of hydrogen-bond acceptors (Lipinski definition) is 4. The summed E-state index contributed by atoms with van der Waals surface area (Å²) in [5.41, 5.74) is 0.171. The van der Waals surface area contributed by atoms with E-state index in [0.29, 0.717) is 12.1 Å². The zero-order valence-corrected chi connectivity index (χ0v) is 12.1. The van der Waals surface area contributed by atoms with Crippen LogP contribution in [0.2, 0.25) is 0 Å². The van der Waals surface area contributed by atoms with Crippen LogP contribution in [0.1, 0.15) is 33.6 Å². The van der Waals surface area contributed by atoms with Crippen molar-refractivity contribution in [2.24, 2.45) is 0 Å². The van der Waals surface area contributed by atoms with Crippen molar-refractivity contribution in [2.75, 3.05) is 39.5 Å². The minimum Gasteiger partial charge on any atom is -0.381 e. The van der Waals surface area contributed by atoms with Gasteiger partial charge in [0.15, 0.2) is 0 Å². The van der Waals surface area contributed by atoms with Crippen molar-refractivity contribution in [1.82, 2.24) is 10.2 Å². The number of morpholine rings is 1. The Balaban J connectivity index is 1.77. The number of nitrogens with one attached hydrogen (secondary N) is 1. The summed E-state index contributed by atoms with van der Waals surface area (Å²) in [5, 5.41) is 3.54. The first-order valence-electron chi connectivity index (χ1n) is 7.23. The quantitative estimate of drug-likeness (QED) is 0.824. The third-order valence-corrected chi connectivity index (χ3v) is 3.74. The van der Waals surface area contributed by atoms with Gasteiger partial charge in [0.05, 0.1) is 12.7 Å². The van der Waals surface area contributed by atoms with Crippen LogP contribution >= 0.6 is 0 Å². The highest BCUT2D eigenvalue weighted by molar-refractivity contribution is 4.82. The van der Waals surface area contributed by atoms with E-state index >= 15 is 0 Å². The molecule has 2 aliphatic rings. The average Bonchev–Trinajstić information content (AvgIpc) is 2.37. The summed E-state index contributed by atoms with van der Waals surface area (Å²) in [6, 6.07) is 0.708. The lowest BCUT2D eigenvalue weighted by molar-refractivity contribution is -0.0618. The minimum atomic E-state index is 0.171. The smallest absolute Gasteiger partial charge is 0.0827 e. The van der Waals surface area contributed by atoms with Crippen LogP contribution in [-0.4, -0.2) is 62.0 Å². The van der Waals surface area contributed by atoms with Crippen molar-refractivity contribution in [3.63, 3.8) is 0 Å². The van der Waals surface area contributed by atoms with Crippen molar-refractivity contribution < 1.29 is 9.47 Å². The molecule has 0 bridgehead atoms. The zero-order valence-electron chi connectivity index (χ0n) is 12.1. The van der Waals surface area contributed by atoms with Gasteiger partial charge in [-0.25, -0.2) is 0 Å². The standard InChI is InChI=1S/C14H28N2O2/c1-14(2,3)15-10-13-11-16(6-9-18-13)12-4-7-17-8-5-12/h12-13,15H,4-11H2,1-3H3/t13-/m1/s1. The Morgan fingerprint density at radius 2 is 1.89 bits per heavy atom. The molecule has 2 heterocycles. The second-order valence-corrected chi connectivity index (χ2v) is 6.46. The highest BCUT2D eigenvalue weighted by Crippen LogP contribution is 2.17. The number of nitrogens with zero attached hydrogens (tertiary/aromatic N) is 1. The molecule has 0 aromatic rings. The predicted molar refractivity (Wildman–Crippen MR) is 72.9 cm³/mol. The van der Waals surface area contributed by atoms with Crippen molar-refractivity contribution in [1.29, 1.82) is 0 Å². The van der Waals surface area contributed by atoms with Crippen LogP contribution in [-0.2, 0) is 9.47 Å². The molecule has 0 amide bonds. The number of ether oxygens (including phenoxy) is 2. The molecule has 1 atom stereocenters. The summed E-state index contributed by atoms with van der Waals surface area (Å²) >= 11 is 0. The molecule has 18 heavy (non-hydrogen) atoms. The van der Waals surface area contributed by atoms with E-state index in [9.17, 15) is 0 Å². The van der Waals surface area contributed by atoms with Gasteiger partial charge in [0, 0.05) is 44.4 Å². The monoisotopic (exact) mass is 256 g/mol. The van der Waals surface area contributed by atoms with Crippen LogP contribution in [0.3, 0.4) is 0 Å². The maximum absolute atomic E-state index is 5.86. The summed E-state index contributed by atoms with van der Waals surface area (Å²) in [6.07, 6.45) is 2.69. The third-order valence-electron chi connectivity index (χ3n) is 3.74. The molecule has 2 aliphatic heterocycles. The van der Waals surface area contributed by atoms with Gasteiger partial charge in [-0.3, -0.25) is 4.90 Å². The lowest BCUT2D eigenvalue weighted by atomic mass is 10.1. The summed E-state index contributed by atoms with van der Waals surface area (Å²) in [5.74, 6) is 0. The van der Waals surface area contributed by atoms with Gasteiger partial charge in [-0.15, -0.1) is 0 Å². The van der Waals surface area contributed by atoms with E-state index in [4.69, 9.17) is 9.47 Å². The summed E-state index contributed by atoms with van der Waals surface area (Å²) in [4.78, 5) is 2.60. The van der Waals surface area contributed by atoms with E-state index in [0.717, 1.165) is 39.5 Å². The van der Waals surface area contributed by atoms with E-state index in [-0.39, 0.29) is 5.54 Å². The maximum atomic E-state index is 5.86. The fraction of sp³-hybridized carbons (Fsp3) is 1.00. The molecule has 0 unspecified atom stereocenters. The fourth-order valence-corrected chi connectivity index (χ4v) is 2.67. The zero-order chi connectivity index (χ0) is 13.0. The molecule has 2 saturated heterocycles. The van der Waals surface area contributed by atoms with Crippen molar-refractivity contribution >= 4 is 0 Å². The van der Waals surface area contributed by atoms with Gasteiger partial charge in [0.2, 0.25) is 0 Å². The number of rotatable bonds is 3. The Morgan fingerprint density at radius 1 is 1.17 bits per heavy atom. The van der Waals surface area contributed by atoms with Crippen LogP contribution in [0.25, 0.3) is 0 Å². The van der Waals surface area contributed by atoms with Gasteiger partial charge in [0.1, 0.15) is 0 Å². The van der Waals surface area contributed by atoms with Gasteiger partial charge in [-0.1, -0.05) is 0 Å². The summed E-state index contributed by atoms with van der Waals surface area (Å²) in [7, 11) is 0. The van der Waals surface area contributed by atoms with Crippen LogP contribution in [0.5, 0.6) is 0 Å². The molecule has 2 fully saturated rings. The lowest BCUT2D eigenvalue weighted by Gasteiger charge is -2.40. The van der Waals surface area contributed by atoms with Gasteiger partial charge in [0.25, 0.3) is 0 Å². The molecule has 0 aliphatic carbocycles. The Kier molecular flexibility index (Phi) is 5.01. The van der Waals surface area contributed by atoms with Crippen LogP contribution < -0.4 is 5.32 Å². The van der Waals surface area contributed by atoms with Crippen LogP contribution in [0, 0.1) is 0 Å². The molecule has 1 N–H and O–H groups in total. The normalized spacial score (nSPS) is 28.5. The molecule has 4 nitrogen and oxygen atoms in total. The summed E-state index contributed by atoms with van der Waals surface area (Å²) in [6.45, 7) is 12.4. The maximum Gasteiger partial charge on any atom is 0.0827 e. The topological polar surface area (TPSA) is 33.7 Å². The Hall–Kier alpha value is -0.160. The molecular formula is C14H28N2O2. The van der Waals surface area contributed by atoms with Gasteiger partial charge in [-0.05, 0) is 33.6 Å². The van der Waals surface area contributed by atoms with Gasteiger partial charge >= 0.3 is 0 Å². The van der Waals surface area contributed by atoms with Crippen LogP contribution in [0.15, 0.2) is 0 Å². The van der Waals surface area contributed by atoms with Crippen molar-refractivity contribution in [2.45, 2.75) is 51.3 Å². The Morgan fingerprint density at radius 3 is 2.56 bits per heavy atom. The van der Waals surface area contributed by atoms with Gasteiger partial charge < -0.3 is 14.8 Å². The molecule has 106 valence electrons. The fourth-order valence-electron chi connectivity index (χ4n) is 2.67. The minimum absolute atomic E-state index is 0.171. The Bertz CT molecular complexity index is 247. The first kappa shape index (κ1) is 14.3. The highest BCUT2D eigenvalue weighted by Gasteiger charge is 2.28. The molecule has 2 rings (SSSR count). The van der Waals surface area contributed by atoms with E-state index in [1.165, 1.54) is 12.8 Å². The molecule has 0 aromatic heterocycles. The number of hydrogen-bond donors (Lipinski definition) is 1. The summed E-state index contributed by atoms with van der Waals surface area (Å²) < 4.78 is 11.3. The van der Waals surface area contributed by atoms with E-state index in [1.807, 2.05) is 0 Å². The second kappa shape index (κ2) is 6.33. The first-order chi connectivity index (χ1) is 8.54. The van der Waals surface area contributed by atoms with E-state index in [1.54, 1.807) is 0 Å². The third kappa shape index (κ3) is 4.50. The first-order valence-corrected chi connectivity index (χ1v) is 7.23. The molecule has 0 spiro atoms. The van der Waals surface area contributed by atoms with Crippen molar-refractivity contribution in [3.05, 3.63) is 0 Å². The molecule has 0 aromatic carbocycles. The van der Waals surface area contributed by atoms with Crippen molar-refractivity contribution in [3.8, 4) is 0 Å². The Labute approximate surface area is 111 Å². The molecule has 0 saturated carbocycles. The highest BCUT2D eigenvalue weighted by atomic mass is 16.5. The molecule has 0 radical (unpaired) electrons. The lowest BCUT2D eigenvalue weighted by Crippen LogP contribution is -2.53. The van der Waals surface area contributed by atoms with Crippen LogP contribution in [0.4, 0.5) is 0 Å². The predicted octanol–water partition coefficient (Wildman–Crippen LogP) is 1.25. The molecular weight excluding hydrogens is 228 g/mol. The van der Waals surface area contributed by atoms with Gasteiger partial charge in [-0.2, -0.15) is 0 Å². The average molecular weight is 256 g/mol. The van der Waals surface area contributed by atoms with E-state index in [2.05, 4.69) is 31.0 Å². The van der Waals surface area contributed by atoms with E-state index < -0.39 is 0 Å². The largest absolute Gasteiger partial charge is 0.381 e.